The minimum atomic E-state index is -2.16. The summed E-state index contributed by atoms with van der Waals surface area (Å²) in [4.78, 5) is 0. The average molecular weight is 188 g/mol. The van der Waals surface area contributed by atoms with Crippen LogP contribution in [0.2, 0.25) is 0 Å². The predicted octanol–water partition coefficient (Wildman–Crippen LogP) is 1.79. The van der Waals surface area contributed by atoms with Crippen molar-refractivity contribution in [2.24, 2.45) is 0 Å². The van der Waals surface area contributed by atoms with E-state index in [1.165, 1.54) is 25.7 Å². The molecule has 0 saturated carbocycles. The van der Waals surface area contributed by atoms with Crippen LogP contribution < -0.4 is 0 Å². The summed E-state index contributed by atoms with van der Waals surface area (Å²) < 4.78 is 20.9. The highest BCUT2D eigenvalue weighted by atomic mass is 28.3. The molecule has 0 aromatic heterocycles. The van der Waals surface area contributed by atoms with E-state index >= 15 is 0 Å². The van der Waals surface area contributed by atoms with Gasteiger partial charge < -0.3 is 8.85 Å². The lowest BCUT2D eigenvalue weighted by Gasteiger charge is -2.02. The molecule has 70 valence electrons. The van der Waals surface area contributed by atoms with Crippen molar-refractivity contribution in [1.29, 1.82) is 0 Å². The lowest BCUT2D eigenvalue weighted by molar-refractivity contribution is 0.166. The van der Waals surface area contributed by atoms with Gasteiger partial charge in [0.15, 0.2) is 0 Å². The Balaban J connectivity index is 2.17. The summed E-state index contributed by atoms with van der Waals surface area (Å²) in [6.07, 6.45) is 6.94. The Bertz CT molecular complexity index is 124. The molecule has 1 rings (SSSR count). The Morgan fingerprint density at radius 1 is 0.750 bits per heavy atom. The first-order valence-corrected chi connectivity index (χ1v) is 5.91. The van der Waals surface area contributed by atoms with Gasteiger partial charge in [-0.2, -0.15) is 0 Å². The van der Waals surface area contributed by atoms with Crippen molar-refractivity contribution in [2.45, 2.75) is 38.5 Å². The molecule has 1 aliphatic heterocycles. The van der Waals surface area contributed by atoms with Crippen molar-refractivity contribution in [3.8, 4) is 0 Å². The second kappa shape index (κ2) is 6.17. The van der Waals surface area contributed by atoms with Crippen LogP contribution in [0.5, 0.6) is 0 Å². The molecule has 0 amide bonds. The number of hydrogen-bond donors (Lipinski definition) is 0. The quantitative estimate of drug-likeness (QED) is 0.544. The predicted molar refractivity (Wildman–Crippen MR) is 46.0 cm³/mol. The summed E-state index contributed by atoms with van der Waals surface area (Å²) in [5.41, 5.74) is 0. The van der Waals surface area contributed by atoms with Crippen LogP contribution in [0.1, 0.15) is 38.5 Å². The first-order chi connectivity index (χ1) is 5.89. The zero-order valence-corrected chi connectivity index (χ0v) is 8.38. The van der Waals surface area contributed by atoms with Gasteiger partial charge in [0.05, 0.1) is 13.2 Å². The number of hydrogen-bond acceptors (Lipinski definition) is 3. The van der Waals surface area contributed by atoms with Crippen LogP contribution in [0.3, 0.4) is 0 Å². The highest BCUT2D eigenvalue weighted by Crippen LogP contribution is 2.07. The van der Waals surface area contributed by atoms with Crippen molar-refractivity contribution in [3.63, 3.8) is 0 Å². The van der Waals surface area contributed by atoms with Crippen LogP contribution in [0.25, 0.3) is 0 Å². The van der Waals surface area contributed by atoms with Gasteiger partial charge in [-0.1, -0.05) is 25.7 Å². The van der Waals surface area contributed by atoms with Crippen LogP contribution in [-0.4, -0.2) is 22.4 Å². The molecule has 1 heterocycles. The lowest BCUT2D eigenvalue weighted by atomic mass is 10.1. The molecule has 0 unspecified atom stereocenters. The van der Waals surface area contributed by atoms with Crippen LogP contribution in [0.4, 0.5) is 0 Å². The van der Waals surface area contributed by atoms with Crippen molar-refractivity contribution >= 4 is 9.17 Å². The van der Waals surface area contributed by atoms with Gasteiger partial charge in [0.1, 0.15) is 0 Å². The monoisotopic (exact) mass is 188 g/mol. The second-order valence-corrected chi connectivity index (χ2v) is 4.15. The molecule has 0 aliphatic carbocycles. The van der Waals surface area contributed by atoms with Crippen LogP contribution in [0.15, 0.2) is 0 Å². The molecule has 0 aromatic carbocycles. The van der Waals surface area contributed by atoms with Crippen molar-refractivity contribution in [2.75, 3.05) is 13.2 Å². The minimum absolute atomic E-state index is 0.595. The van der Waals surface area contributed by atoms with E-state index in [1.807, 2.05) is 0 Å². The van der Waals surface area contributed by atoms with E-state index in [2.05, 4.69) is 0 Å². The van der Waals surface area contributed by atoms with Gasteiger partial charge in [-0.05, 0) is 12.8 Å². The fraction of sp³-hybridized carbons (Fsp3) is 1.00. The van der Waals surface area contributed by atoms with Gasteiger partial charge in [-0.25, -0.2) is 0 Å². The molecule has 1 saturated heterocycles. The first-order valence-electron chi connectivity index (χ1n) is 4.69. The summed E-state index contributed by atoms with van der Waals surface area (Å²) in [5.74, 6) is 0. The molecule has 0 bridgehead atoms. The third kappa shape index (κ3) is 4.49. The molecule has 0 atom stereocenters. The van der Waals surface area contributed by atoms with Crippen LogP contribution in [0, 0.1) is 0 Å². The first kappa shape index (κ1) is 9.70. The molecule has 0 spiro atoms. The fourth-order valence-corrected chi connectivity index (χ4v) is 1.97. The second-order valence-electron chi connectivity index (χ2n) is 3.07. The Morgan fingerprint density at radius 3 is 1.67 bits per heavy atom. The third-order valence-corrected chi connectivity index (χ3v) is 2.86. The topological polar surface area (TPSA) is 35.5 Å². The Labute approximate surface area is 75.0 Å². The van der Waals surface area contributed by atoms with Gasteiger partial charge in [-0.3, -0.25) is 4.46 Å². The van der Waals surface area contributed by atoms with E-state index in [-0.39, 0.29) is 0 Å². The SMILES string of the molecule is O=[Si]1OCCCCCCCCO1. The van der Waals surface area contributed by atoms with E-state index in [4.69, 9.17) is 8.85 Å². The molecule has 3 nitrogen and oxygen atoms in total. The molecule has 12 heavy (non-hydrogen) atoms. The molecular weight excluding hydrogens is 172 g/mol. The average Bonchev–Trinajstić information content (AvgIpc) is 2.11. The molecule has 0 aromatic rings. The fourth-order valence-electron chi connectivity index (χ4n) is 1.26. The normalized spacial score (nSPS) is 21.8. The van der Waals surface area contributed by atoms with Gasteiger partial charge in [0, 0.05) is 0 Å². The summed E-state index contributed by atoms with van der Waals surface area (Å²) in [5, 5.41) is 0. The summed E-state index contributed by atoms with van der Waals surface area (Å²) in [6.45, 7) is 1.19. The third-order valence-electron chi connectivity index (χ3n) is 1.98. The van der Waals surface area contributed by atoms with E-state index in [0.29, 0.717) is 13.2 Å². The molecule has 1 fully saturated rings. The standard InChI is InChI=1S/C8H16O3Si/c9-12-10-7-5-3-1-2-4-6-8-11-12/h1-8H2. The van der Waals surface area contributed by atoms with Crippen molar-refractivity contribution in [1.82, 2.24) is 0 Å². The largest absolute Gasteiger partial charge is 0.767 e. The summed E-state index contributed by atoms with van der Waals surface area (Å²) in [7, 11) is -2.16. The molecule has 0 N–H and O–H groups in total. The van der Waals surface area contributed by atoms with E-state index in [9.17, 15) is 4.46 Å². The van der Waals surface area contributed by atoms with Crippen LogP contribution in [-0.2, 0) is 13.3 Å². The minimum Gasteiger partial charge on any atom is -0.496 e. The van der Waals surface area contributed by atoms with Crippen molar-refractivity contribution in [3.05, 3.63) is 0 Å². The maximum absolute atomic E-state index is 11.0. The molecule has 1 aliphatic rings. The smallest absolute Gasteiger partial charge is 0.496 e. The highest BCUT2D eigenvalue weighted by molar-refractivity contribution is 6.26. The molecule has 4 heteroatoms. The van der Waals surface area contributed by atoms with Crippen molar-refractivity contribution < 1.29 is 13.3 Å². The zero-order valence-electron chi connectivity index (χ0n) is 7.38. The van der Waals surface area contributed by atoms with Gasteiger partial charge in [0.25, 0.3) is 0 Å². The molecular formula is C8H16O3Si. The number of rotatable bonds is 0. The Kier molecular flexibility index (Phi) is 4.99. The van der Waals surface area contributed by atoms with Gasteiger partial charge in [-0.15, -0.1) is 0 Å². The van der Waals surface area contributed by atoms with E-state index in [1.54, 1.807) is 0 Å². The maximum Gasteiger partial charge on any atom is 0.767 e. The van der Waals surface area contributed by atoms with Gasteiger partial charge >= 0.3 is 9.17 Å². The maximum atomic E-state index is 11.0. The molecule has 0 radical (unpaired) electrons. The van der Waals surface area contributed by atoms with Crippen LogP contribution >= 0.6 is 0 Å². The lowest BCUT2D eigenvalue weighted by Crippen LogP contribution is -2.13. The summed E-state index contributed by atoms with van der Waals surface area (Å²) >= 11 is 0. The Morgan fingerprint density at radius 2 is 1.17 bits per heavy atom. The Hall–Kier alpha value is -0.383. The van der Waals surface area contributed by atoms with E-state index in [0.717, 1.165) is 12.8 Å². The van der Waals surface area contributed by atoms with Gasteiger partial charge in [0.2, 0.25) is 0 Å². The zero-order chi connectivity index (χ0) is 8.65. The summed E-state index contributed by atoms with van der Waals surface area (Å²) in [6, 6.07) is 0. The van der Waals surface area contributed by atoms with E-state index < -0.39 is 9.17 Å². The highest BCUT2D eigenvalue weighted by Gasteiger charge is 2.10.